The van der Waals surface area contributed by atoms with Crippen LogP contribution in [0.2, 0.25) is 0 Å². The number of carbonyl (C=O) groups excluding carboxylic acids is 2. The third-order valence-corrected chi connectivity index (χ3v) is 6.23. The van der Waals surface area contributed by atoms with Crippen molar-refractivity contribution in [2.24, 2.45) is 0 Å². The Morgan fingerprint density at radius 1 is 1.11 bits per heavy atom. The average molecular weight is 400 g/mol. The zero-order valence-corrected chi connectivity index (χ0v) is 16.6. The predicted molar refractivity (Wildman–Crippen MR) is 106 cm³/mol. The van der Waals surface area contributed by atoms with Crippen molar-refractivity contribution < 1.29 is 9.59 Å². The quantitative estimate of drug-likeness (QED) is 0.806. The van der Waals surface area contributed by atoms with E-state index >= 15 is 0 Å². The van der Waals surface area contributed by atoms with E-state index in [1.807, 2.05) is 18.2 Å². The van der Waals surface area contributed by atoms with E-state index in [4.69, 9.17) is 0 Å². The molecule has 0 aliphatic heterocycles. The molecule has 0 radical (unpaired) electrons. The van der Waals surface area contributed by atoms with Gasteiger partial charge in [-0.15, -0.1) is 5.10 Å². The van der Waals surface area contributed by atoms with Crippen molar-refractivity contribution in [3.63, 3.8) is 0 Å². The van der Waals surface area contributed by atoms with Crippen molar-refractivity contribution in [2.45, 2.75) is 69.5 Å². The summed E-state index contributed by atoms with van der Waals surface area (Å²) in [4.78, 5) is 32.9. The van der Waals surface area contributed by atoms with E-state index in [1.54, 1.807) is 16.5 Å². The molecule has 1 atom stereocenters. The molecule has 2 aromatic rings. The number of nitrogens with one attached hydrogen (secondary N) is 1. The number of amides is 2. The minimum absolute atomic E-state index is 0.00975. The fourth-order valence-corrected chi connectivity index (χ4v) is 4.79. The number of hydrogen-bond donors (Lipinski definition) is 1. The largest absolute Gasteiger partial charge is 0.351 e. The number of nitrogens with zero attached hydrogens (tertiary/aromatic N) is 4. The zero-order valence-electron chi connectivity index (χ0n) is 15.8. The fourth-order valence-electron chi connectivity index (χ4n) is 4.36. The van der Waals surface area contributed by atoms with Crippen LogP contribution < -0.4 is 5.32 Å². The molecular weight excluding hydrogens is 374 g/mol. The molecule has 2 amide bonds. The van der Waals surface area contributed by atoms with Crippen molar-refractivity contribution >= 4 is 23.3 Å². The Morgan fingerprint density at radius 3 is 2.50 bits per heavy atom. The maximum absolute atomic E-state index is 13.4. The Bertz CT molecular complexity index is 786. The van der Waals surface area contributed by atoms with Crippen molar-refractivity contribution in [3.05, 3.63) is 41.2 Å². The van der Waals surface area contributed by atoms with Crippen LogP contribution in [0, 0.1) is 0 Å². The molecule has 0 saturated heterocycles. The number of hydrogen-bond acceptors (Lipinski definition) is 6. The van der Waals surface area contributed by atoms with Crippen LogP contribution in [-0.2, 0) is 4.79 Å². The molecule has 2 fully saturated rings. The van der Waals surface area contributed by atoms with E-state index < -0.39 is 6.04 Å². The maximum atomic E-state index is 13.4. The van der Waals surface area contributed by atoms with E-state index in [0.29, 0.717) is 11.4 Å². The molecule has 0 aromatic carbocycles. The third kappa shape index (κ3) is 4.06. The number of rotatable bonds is 6. The zero-order chi connectivity index (χ0) is 19.3. The molecule has 28 heavy (non-hydrogen) atoms. The van der Waals surface area contributed by atoms with Gasteiger partial charge in [0.05, 0.1) is 5.69 Å². The van der Waals surface area contributed by atoms with Crippen LogP contribution in [0.1, 0.15) is 73.6 Å². The van der Waals surface area contributed by atoms with Gasteiger partial charge in [0.25, 0.3) is 5.91 Å². The highest BCUT2D eigenvalue weighted by Crippen LogP contribution is 2.33. The summed E-state index contributed by atoms with van der Waals surface area (Å²) in [5.41, 5.74) is 0.896. The van der Waals surface area contributed by atoms with Crippen LogP contribution in [-0.4, -0.2) is 43.4 Å². The number of pyridine rings is 1. The van der Waals surface area contributed by atoms with Crippen molar-refractivity contribution in [3.8, 4) is 0 Å². The summed E-state index contributed by atoms with van der Waals surface area (Å²) in [7, 11) is 0. The standard InChI is InChI=1S/C20H25N5O2S/c26-19(22-14-7-1-2-8-14)18(16-11-5-6-12-21-16)25(15-9-3-4-10-15)20(27)17-13-28-24-23-17/h5-6,11-15,18H,1-4,7-10H2,(H,22,26)/t18-/m0/s1. The molecule has 148 valence electrons. The lowest BCUT2D eigenvalue weighted by atomic mass is 10.0. The van der Waals surface area contributed by atoms with E-state index in [-0.39, 0.29) is 23.9 Å². The van der Waals surface area contributed by atoms with Gasteiger partial charge in [-0.25, -0.2) is 0 Å². The van der Waals surface area contributed by atoms with Crippen LogP contribution in [0.4, 0.5) is 0 Å². The Morgan fingerprint density at radius 2 is 1.86 bits per heavy atom. The second kappa shape index (κ2) is 8.77. The lowest BCUT2D eigenvalue weighted by molar-refractivity contribution is -0.127. The van der Waals surface area contributed by atoms with Crippen LogP contribution in [0.25, 0.3) is 0 Å². The highest BCUT2D eigenvalue weighted by Gasteiger charge is 2.40. The summed E-state index contributed by atoms with van der Waals surface area (Å²) >= 11 is 1.15. The molecule has 2 aliphatic rings. The van der Waals surface area contributed by atoms with E-state index in [0.717, 1.165) is 62.9 Å². The molecule has 0 spiro atoms. The molecule has 0 bridgehead atoms. The maximum Gasteiger partial charge on any atom is 0.276 e. The lowest BCUT2D eigenvalue weighted by Gasteiger charge is -2.35. The van der Waals surface area contributed by atoms with Crippen molar-refractivity contribution in [1.82, 2.24) is 24.8 Å². The minimum Gasteiger partial charge on any atom is -0.351 e. The topological polar surface area (TPSA) is 88.1 Å². The van der Waals surface area contributed by atoms with Crippen LogP contribution >= 0.6 is 11.5 Å². The molecule has 0 unspecified atom stereocenters. The lowest BCUT2D eigenvalue weighted by Crippen LogP contribution is -2.50. The first-order valence-corrected chi connectivity index (χ1v) is 10.9. The van der Waals surface area contributed by atoms with Gasteiger partial charge < -0.3 is 10.2 Å². The summed E-state index contributed by atoms with van der Waals surface area (Å²) in [6, 6.07) is 4.95. The minimum atomic E-state index is -0.751. The SMILES string of the molecule is O=C(NC1CCCC1)[C@H](c1ccccn1)N(C(=O)c1csnn1)C1CCCC1. The molecular formula is C20H25N5O2S. The van der Waals surface area contributed by atoms with Gasteiger partial charge in [0.15, 0.2) is 11.7 Å². The molecule has 8 heteroatoms. The monoisotopic (exact) mass is 399 g/mol. The van der Waals surface area contributed by atoms with Gasteiger partial charge in [-0.05, 0) is 49.3 Å². The molecule has 2 saturated carbocycles. The third-order valence-electron chi connectivity index (χ3n) is 5.73. The highest BCUT2D eigenvalue weighted by atomic mass is 32.1. The first-order valence-electron chi connectivity index (χ1n) is 10.0. The van der Waals surface area contributed by atoms with Gasteiger partial charge in [0.2, 0.25) is 5.91 Å². The summed E-state index contributed by atoms with van der Waals surface area (Å²) in [6.45, 7) is 0. The van der Waals surface area contributed by atoms with Gasteiger partial charge in [0.1, 0.15) is 0 Å². The highest BCUT2D eigenvalue weighted by molar-refractivity contribution is 7.03. The van der Waals surface area contributed by atoms with Crippen molar-refractivity contribution in [2.75, 3.05) is 0 Å². The second-order valence-corrected chi connectivity index (χ2v) is 8.20. The van der Waals surface area contributed by atoms with E-state index in [1.165, 1.54) is 0 Å². The van der Waals surface area contributed by atoms with Gasteiger partial charge in [-0.1, -0.05) is 36.2 Å². The molecule has 2 aromatic heterocycles. The van der Waals surface area contributed by atoms with E-state index in [9.17, 15) is 9.59 Å². The van der Waals surface area contributed by atoms with Gasteiger partial charge in [-0.2, -0.15) is 0 Å². The van der Waals surface area contributed by atoms with Crippen LogP contribution in [0.5, 0.6) is 0 Å². The fraction of sp³-hybridized carbons (Fsp3) is 0.550. The molecule has 4 rings (SSSR count). The Kier molecular flexibility index (Phi) is 5.95. The van der Waals surface area contributed by atoms with Crippen LogP contribution in [0.15, 0.2) is 29.8 Å². The van der Waals surface area contributed by atoms with Gasteiger partial charge in [-0.3, -0.25) is 14.6 Å². The molecule has 1 N–H and O–H groups in total. The average Bonchev–Trinajstić information content (AvgIpc) is 3.49. The Balaban J connectivity index is 1.69. The summed E-state index contributed by atoms with van der Waals surface area (Å²) in [6.07, 6.45) is 9.83. The van der Waals surface area contributed by atoms with Crippen LogP contribution in [0.3, 0.4) is 0 Å². The second-order valence-electron chi connectivity index (χ2n) is 7.59. The summed E-state index contributed by atoms with van der Waals surface area (Å²) in [5.74, 6) is -0.382. The first-order chi connectivity index (χ1) is 13.7. The molecule has 2 aliphatic carbocycles. The number of aromatic nitrogens is 3. The van der Waals surface area contributed by atoms with Gasteiger partial charge >= 0.3 is 0 Å². The Hall–Kier alpha value is -2.35. The normalized spacial score (nSPS) is 18.9. The number of carbonyl (C=O) groups is 2. The smallest absolute Gasteiger partial charge is 0.276 e. The Labute approximate surface area is 168 Å². The molecule has 2 heterocycles. The van der Waals surface area contributed by atoms with Gasteiger partial charge in [0, 0.05) is 23.7 Å². The van der Waals surface area contributed by atoms with Crippen molar-refractivity contribution in [1.29, 1.82) is 0 Å². The summed E-state index contributed by atoms with van der Waals surface area (Å²) in [5, 5.41) is 8.80. The summed E-state index contributed by atoms with van der Waals surface area (Å²) < 4.78 is 3.84. The predicted octanol–water partition coefficient (Wildman–Crippen LogP) is 3.12. The first kappa shape index (κ1) is 19.0. The molecule has 7 nitrogen and oxygen atoms in total. The van der Waals surface area contributed by atoms with E-state index in [2.05, 4.69) is 19.9 Å².